The molecule has 0 heterocycles. The number of carbonyl (C=O) groups excluding carboxylic acids is 1. The van der Waals surface area contributed by atoms with Crippen molar-refractivity contribution < 1.29 is 9.90 Å². The summed E-state index contributed by atoms with van der Waals surface area (Å²) < 4.78 is 0. The highest BCUT2D eigenvalue weighted by Crippen LogP contribution is 2.24. The van der Waals surface area contributed by atoms with Crippen LogP contribution in [0.25, 0.3) is 0 Å². The van der Waals surface area contributed by atoms with Gasteiger partial charge in [0.15, 0.2) is 0 Å². The maximum Gasteiger partial charge on any atom is 0.140 e. The van der Waals surface area contributed by atoms with Crippen LogP contribution in [0.15, 0.2) is 12.2 Å². The van der Waals surface area contributed by atoms with Crippen molar-refractivity contribution in [2.45, 2.75) is 18.4 Å². The van der Waals surface area contributed by atoms with Gasteiger partial charge in [0.1, 0.15) is 6.29 Å². The summed E-state index contributed by atoms with van der Waals surface area (Å²) in [5.41, 5.74) is 4.90. The van der Waals surface area contributed by atoms with Gasteiger partial charge >= 0.3 is 0 Å². The maximum atomic E-state index is 10.6. The van der Waals surface area contributed by atoms with Crippen LogP contribution in [0.5, 0.6) is 0 Å². The first-order valence-corrected chi connectivity index (χ1v) is 3.75. The molecule has 0 spiro atoms. The Bertz CT molecular complexity index is 179. The van der Waals surface area contributed by atoms with Crippen LogP contribution in [0, 0.1) is 5.92 Å². The molecule has 0 aromatic heterocycles. The van der Waals surface area contributed by atoms with E-state index in [2.05, 4.69) is 0 Å². The van der Waals surface area contributed by atoms with Crippen molar-refractivity contribution in [3.05, 3.63) is 12.2 Å². The molecule has 0 fully saturated rings. The van der Waals surface area contributed by atoms with E-state index in [0.29, 0.717) is 6.42 Å². The first kappa shape index (κ1) is 8.43. The Morgan fingerprint density at radius 2 is 2.55 bits per heavy atom. The number of carbonyl (C=O) groups is 1. The van der Waals surface area contributed by atoms with Crippen LogP contribution >= 0.6 is 0 Å². The Labute approximate surface area is 65.9 Å². The second kappa shape index (κ2) is 3.15. The molecule has 3 nitrogen and oxygen atoms in total. The zero-order valence-corrected chi connectivity index (χ0v) is 6.36. The molecular weight excluding hydrogens is 142 g/mol. The van der Waals surface area contributed by atoms with Crippen LogP contribution in [0.4, 0.5) is 0 Å². The van der Waals surface area contributed by atoms with Gasteiger partial charge in [0.05, 0.1) is 12.1 Å². The van der Waals surface area contributed by atoms with Crippen LogP contribution < -0.4 is 5.73 Å². The third-order valence-corrected chi connectivity index (χ3v) is 2.22. The summed E-state index contributed by atoms with van der Waals surface area (Å²) in [5.74, 6) is -0.200. The molecule has 0 aromatic rings. The highest BCUT2D eigenvalue weighted by atomic mass is 16.3. The summed E-state index contributed by atoms with van der Waals surface area (Å²) >= 11 is 0. The molecule has 0 amide bonds. The standard InChI is InChI=1S/C8H13NO2/c9-8(6-11)4-2-1-3-7(8)5-10/h1,3,6-7,10H,2,4-5,9H2/t7-,8+/m0/s1. The van der Waals surface area contributed by atoms with Crippen molar-refractivity contribution in [2.24, 2.45) is 11.7 Å². The van der Waals surface area contributed by atoms with Crippen molar-refractivity contribution in [3.63, 3.8) is 0 Å². The average Bonchev–Trinajstić information content (AvgIpc) is 2.05. The molecule has 0 bridgehead atoms. The van der Waals surface area contributed by atoms with E-state index >= 15 is 0 Å². The highest BCUT2D eigenvalue weighted by Gasteiger charge is 2.33. The zero-order chi connectivity index (χ0) is 8.32. The fourth-order valence-electron chi connectivity index (χ4n) is 1.34. The molecule has 3 N–H and O–H groups in total. The monoisotopic (exact) mass is 155 g/mol. The fraction of sp³-hybridized carbons (Fsp3) is 0.625. The van der Waals surface area contributed by atoms with E-state index in [1.807, 2.05) is 12.2 Å². The third kappa shape index (κ3) is 1.49. The molecule has 0 saturated heterocycles. The van der Waals surface area contributed by atoms with Gasteiger partial charge < -0.3 is 15.6 Å². The molecule has 2 atom stereocenters. The Kier molecular flexibility index (Phi) is 2.42. The minimum atomic E-state index is -0.830. The zero-order valence-electron chi connectivity index (χ0n) is 6.36. The van der Waals surface area contributed by atoms with Gasteiger partial charge in [0, 0.05) is 5.92 Å². The van der Waals surface area contributed by atoms with E-state index in [9.17, 15) is 4.79 Å². The smallest absolute Gasteiger partial charge is 0.140 e. The number of rotatable bonds is 2. The van der Waals surface area contributed by atoms with E-state index in [-0.39, 0.29) is 12.5 Å². The molecule has 0 radical (unpaired) electrons. The van der Waals surface area contributed by atoms with E-state index < -0.39 is 5.54 Å². The van der Waals surface area contributed by atoms with E-state index in [1.165, 1.54) is 0 Å². The molecule has 62 valence electrons. The summed E-state index contributed by atoms with van der Waals surface area (Å²) in [6.45, 7) is -0.0499. The number of aldehydes is 1. The number of allylic oxidation sites excluding steroid dienone is 1. The van der Waals surface area contributed by atoms with Gasteiger partial charge in [-0.1, -0.05) is 12.2 Å². The van der Waals surface area contributed by atoms with Gasteiger partial charge in [-0.2, -0.15) is 0 Å². The molecule has 11 heavy (non-hydrogen) atoms. The summed E-state index contributed by atoms with van der Waals surface area (Å²) in [5, 5.41) is 8.87. The largest absolute Gasteiger partial charge is 0.396 e. The fourth-order valence-corrected chi connectivity index (χ4v) is 1.34. The predicted molar refractivity (Wildman–Crippen MR) is 41.9 cm³/mol. The number of aliphatic hydroxyl groups excluding tert-OH is 1. The Morgan fingerprint density at radius 1 is 1.82 bits per heavy atom. The van der Waals surface area contributed by atoms with Gasteiger partial charge in [-0.05, 0) is 12.8 Å². The minimum absolute atomic E-state index is 0.0499. The molecule has 0 aliphatic heterocycles. The maximum absolute atomic E-state index is 10.6. The summed E-state index contributed by atoms with van der Waals surface area (Å²) in [7, 11) is 0. The Hall–Kier alpha value is -0.670. The molecular formula is C8H13NO2. The number of hydrogen-bond acceptors (Lipinski definition) is 3. The SMILES string of the molecule is N[C@@]1(C=O)CCC=C[C@H]1CO. The molecule has 3 heteroatoms. The normalized spacial score (nSPS) is 37.1. The van der Waals surface area contributed by atoms with Crippen LogP contribution in [-0.4, -0.2) is 23.5 Å². The Balaban J connectivity index is 2.77. The van der Waals surface area contributed by atoms with E-state index in [4.69, 9.17) is 10.8 Å². The second-order valence-corrected chi connectivity index (χ2v) is 2.99. The van der Waals surface area contributed by atoms with Crippen LogP contribution in [-0.2, 0) is 4.79 Å². The lowest BCUT2D eigenvalue weighted by Crippen LogP contribution is -2.50. The van der Waals surface area contributed by atoms with Crippen molar-refractivity contribution >= 4 is 6.29 Å². The minimum Gasteiger partial charge on any atom is -0.396 e. The molecule has 1 aliphatic rings. The predicted octanol–water partition coefficient (Wildman–Crippen LogP) is -0.159. The van der Waals surface area contributed by atoms with Gasteiger partial charge in [-0.15, -0.1) is 0 Å². The summed E-state index contributed by atoms with van der Waals surface area (Å²) in [6.07, 6.45) is 5.98. The van der Waals surface area contributed by atoms with E-state index in [0.717, 1.165) is 12.7 Å². The van der Waals surface area contributed by atoms with Gasteiger partial charge in [0.25, 0.3) is 0 Å². The summed E-state index contributed by atoms with van der Waals surface area (Å²) in [4.78, 5) is 10.6. The quantitative estimate of drug-likeness (QED) is 0.430. The molecule has 0 aromatic carbocycles. The Morgan fingerprint density at radius 3 is 3.00 bits per heavy atom. The topological polar surface area (TPSA) is 63.3 Å². The average molecular weight is 155 g/mol. The number of aliphatic hydroxyl groups is 1. The lowest BCUT2D eigenvalue weighted by Gasteiger charge is -2.31. The van der Waals surface area contributed by atoms with Gasteiger partial charge in [0.2, 0.25) is 0 Å². The lowest BCUT2D eigenvalue weighted by atomic mass is 9.79. The van der Waals surface area contributed by atoms with Crippen molar-refractivity contribution in [1.29, 1.82) is 0 Å². The van der Waals surface area contributed by atoms with Crippen LogP contribution in [0.2, 0.25) is 0 Å². The summed E-state index contributed by atoms with van der Waals surface area (Å²) in [6, 6.07) is 0. The second-order valence-electron chi connectivity index (χ2n) is 2.99. The van der Waals surface area contributed by atoms with Crippen molar-refractivity contribution in [1.82, 2.24) is 0 Å². The first-order chi connectivity index (χ1) is 5.23. The van der Waals surface area contributed by atoms with Crippen LogP contribution in [0.3, 0.4) is 0 Å². The molecule has 1 rings (SSSR count). The van der Waals surface area contributed by atoms with Gasteiger partial charge in [-0.3, -0.25) is 0 Å². The van der Waals surface area contributed by atoms with Crippen molar-refractivity contribution in [3.8, 4) is 0 Å². The van der Waals surface area contributed by atoms with Crippen LogP contribution in [0.1, 0.15) is 12.8 Å². The molecule has 0 unspecified atom stereocenters. The first-order valence-electron chi connectivity index (χ1n) is 3.75. The third-order valence-electron chi connectivity index (χ3n) is 2.22. The van der Waals surface area contributed by atoms with Crippen molar-refractivity contribution in [2.75, 3.05) is 6.61 Å². The lowest BCUT2D eigenvalue weighted by molar-refractivity contribution is -0.114. The molecule has 0 saturated carbocycles. The highest BCUT2D eigenvalue weighted by molar-refractivity contribution is 5.65. The van der Waals surface area contributed by atoms with E-state index in [1.54, 1.807) is 0 Å². The molecule has 1 aliphatic carbocycles. The number of nitrogens with two attached hydrogens (primary N) is 1. The number of hydrogen-bond donors (Lipinski definition) is 2. The van der Waals surface area contributed by atoms with Gasteiger partial charge in [-0.25, -0.2) is 0 Å².